The molecule has 0 aliphatic carbocycles. The van der Waals surface area contributed by atoms with Crippen molar-refractivity contribution in [2.75, 3.05) is 25.4 Å². The largest absolute Gasteiger partial charge is 0.391 e. The minimum Gasteiger partial charge on any atom is -0.391 e. The van der Waals surface area contributed by atoms with Crippen molar-refractivity contribution in [1.29, 1.82) is 0 Å². The van der Waals surface area contributed by atoms with E-state index in [1.54, 1.807) is 0 Å². The maximum atomic E-state index is 11.7. The number of anilines is 1. The van der Waals surface area contributed by atoms with E-state index in [1.807, 2.05) is 6.92 Å². The van der Waals surface area contributed by atoms with Crippen molar-refractivity contribution >= 4 is 17.0 Å². The quantitative estimate of drug-likeness (QED) is 0.576. The number of nitrogens with two attached hydrogens (primary N) is 1. The normalized spacial score (nSPS) is 23.7. The Bertz CT molecular complexity index is 668. The predicted molar refractivity (Wildman–Crippen MR) is 74.2 cm³/mol. The molecule has 1 aliphatic rings. The molecule has 3 heterocycles. The summed E-state index contributed by atoms with van der Waals surface area (Å²) in [6.07, 6.45) is 0.427. The molecule has 0 unspecified atom stereocenters. The number of nitrogens with zero attached hydrogens (tertiary/aromatic N) is 3. The number of hydrogen-bond acceptors (Lipinski definition) is 6. The number of rotatable bonds is 3. The van der Waals surface area contributed by atoms with Gasteiger partial charge in [0.2, 0.25) is 5.95 Å². The number of aliphatic hydroxyl groups excluding tert-OH is 1. The van der Waals surface area contributed by atoms with Crippen LogP contribution in [0.2, 0.25) is 0 Å². The number of aliphatic hydroxyl groups is 1. The average molecular weight is 278 g/mol. The fourth-order valence-corrected chi connectivity index (χ4v) is 2.65. The summed E-state index contributed by atoms with van der Waals surface area (Å²) in [5, 5.41) is 16.6. The highest BCUT2D eigenvalue weighted by Crippen LogP contribution is 2.17. The van der Waals surface area contributed by atoms with Crippen molar-refractivity contribution in [3.05, 3.63) is 16.0 Å². The second kappa shape index (κ2) is 4.88. The monoisotopic (exact) mass is 278 g/mol. The Kier molecular flexibility index (Phi) is 3.19. The van der Waals surface area contributed by atoms with E-state index in [2.05, 4.69) is 25.1 Å². The van der Waals surface area contributed by atoms with Gasteiger partial charge in [-0.05, 0) is 5.92 Å². The topological polar surface area (TPSA) is 124 Å². The van der Waals surface area contributed by atoms with Crippen LogP contribution < -0.4 is 11.3 Å². The molecule has 0 saturated carbocycles. The van der Waals surface area contributed by atoms with Gasteiger partial charge in [0.25, 0.3) is 5.56 Å². The van der Waals surface area contributed by atoms with Gasteiger partial charge in [-0.2, -0.15) is 5.10 Å². The first kappa shape index (κ1) is 13.1. The summed E-state index contributed by atoms with van der Waals surface area (Å²) < 4.78 is 0. The number of aromatic amines is 2. The molecular formula is C12H18N6O2. The first-order valence-corrected chi connectivity index (χ1v) is 6.67. The summed E-state index contributed by atoms with van der Waals surface area (Å²) in [7, 11) is 0. The average Bonchev–Trinajstić information content (AvgIpc) is 2.92. The highest BCUT2D eigenvalue weighted by Gasteiger charge is 2.27. The Hall–Kier alpha value is -1.93. The van der Waals surface area contributed by atoms with Crippen molar-refractivity contribution in [3.63, 3.8) is 0 Å². The van der Waals surface area contributed by atoms with E-state index in [9.17, 15) is 9.90 Å². The van der Waals surface area contributed by atoms with Crippen molar-refractivity contribution in [1.82, 2.24) is 25.1 Å². The minimum absolute atomic E-state index is 0.0929. The lowest BCUT2D eigenvalue weighted by Gasteiger charge is -2.13. The molecule has 3 rings (SSSR count). The molecule has 0 radical (unpaired) electrons. The van der Waals surface area contributed by atoms with Crippen LogP contribution in [0.1, 0.15) is 12.6 Å². The smallest absolute Gasteiger partial charge is 0.280 e. The molecule has 0 amide bonds. The van der Waals surface area contributed by atoms with E-state index >= 15 is 0 Å². The number of aromatic nitrogens is 4. The molecule has 0 bridgehead atoms. The van der Waals surface area contributed by atoms with E-state index in [-0.39, 0.29) is 23.1 Å². The number of likely N-dealkylation sites (tertiary alicyclic amines) is 1. The van der Waals surface area contributed by atoms with Crippen LogP contribution in [0.3, 0.4) is 0 Å². The summed E-state index contributed by atoms with van der Waals surface area (Å²) in [4.78, 5) is 20.4. The highest BCUT2D eigenvalue weighted by atomic mass is 16.3. The number of β-amino-alcohol motifs (C(OH)–C–C–N with tert-alkyl or cyclic N) is 1. The van der Waals surface area contributed by atoms with Gasteiger partial charge in [-0.1, -0.05) is 6.92 Å². The van der Waals surface area contributed by atoms with Gasteiger partial charge in [0.15, 0.2) is 5.52 Å². The zero-order valence-corrected chi connectivity index (χ0v) is 11.3. The van der Waals surface area contributed by atoms with E-state index in [4.69, 9.17) is 5.73 Å². The number of nitrogens with one attached hydrogen (secondary N) is 2. The molecule has 0 aromatic carbocycles. The Morgan fingerprint density at radius 1 is 1.45 bits per heavy atom. The fraction of sp³-hybridized carbons (Fsp3) is 0.583. The van der Waals surface area contributed by atoms with Crippen LogP contribution in [0.15, 0.2) is 4.79 Å². The van der Waals surface area contributed by atoms with Crippen LogP contribution in [-0.4, -0.2) is 55.9 Å². The first-order chi connectivity index (χ1) is 9.54. The first-order valence-electron chi connectivity index (χ1n) is 6.67. The van der Waals surface area contributed by atoms with E-state index in [0.29, 0.717) is 24.4 Å². The Labute approximate surface area is 115 Å². The molecule has 108 valence electrons. The summed E-state index contributed by atoms with van der Waals surface area (Å²) in [6, 6.07) is 0. The molecule has 8 nitrogen and oxygen atoms in total. The van der Waals surface area contributed by atoms with Gasteiger partial charge in [-0.3, -0.25) is 14.9 Å². The summed E-state index contributed by atoms with van der Waals surface area (Å²) in [6.45, 7) is 4.39. The summed E-state index contributed by atoms with van der Waals surface area (Å²) in [5.41, 5.74) is 6.83. The maximum absolute atomic E-state index is 11.7. The SMILES string of the molecule is C[C@@H]1CN(CCc2[nH]nc3c(=O)[nH]c(N)nc23)C[C@@H]1O. The van der Waals surface area contributed by atoms with E-state index in [1.165, 1.54) is 0 Å². The molecular weight excluding hydrogens is 260 g/mol. The van der Waals surface area contributed by atoms with Gasteiger partial charge in [-0.25, -0.2) is 4.98 Å². The number of fused-ring (bicyclic) bond motifs is 1. The van der Waals surface area contributed by atoms with Crippen molar-refractivity contribution in [3.8, 4) is 0 Å². The van der Waals surface area contributed by atoms with Crippen LogP contribution in [-0.2, 0) is 6.42 Å². The Balaban J connectivity index is 1.77. The fourth-order valence-electron chi connectivity index (χ4n) is 2.65. The minimum atomic E-state index is -0.333. The molecule has 20 heavy (non-hydrogen) atoms. The van der Waals surface area contributed by atoms with Crippen molar-refractivity contribution in [2.45, 2.75) is 19.4 Å². The molecule has 0 spiro atoms. The highest BCUT2D eigenvalue weighted by molar-refractivity contribution is 5.76. The molecule has 2 aromatic heterocycles. The van der Waals surface area contributed by atoms with Gasteiger partial charge in [0.1, 0.15) is 5.52 Å². The third kappa shape index (κ3) is 2.27. The molecule has 2 atom stereocenters. The van der Waals surface area contributed by atoms with Gasteiger partial charge in [-0.15, -0.1) is 0 Å². The van der Waals surface area contributed by atoms with Crippen LogP contribution >= 0.6 is 0 Å². The molecule has 1 fully saturated rings. The molecule has 5 N–H and O–H groups in total. The maximum Gasteiger partial charge on any atom is 0.280 e. The van der Waals surface area contributed by atoms with E-state index < -0.39 is 0 Å². The molecule has 2 aromatic rings. The van der Waals surface area contributed by atoms with Gasteiger partial charge >= 0.3 is 0 Å². The van der Waals surface area contributed by atoms with Gasteiger partial charge < -0.3 is 15.7 Å². The van der Waals surface area contributed by atoms with Crippen LogP contribution in [0.25, 0.3) is 11.0 Å². The number of H-pyrrole nitrogens is 2. The van der Waals surface area contributed by atoms with Crippen molar-refractivity contribution < 1.29 is 5.11 Å². The summed E-state index contributed by atoms with van der Waals surface area (Å²) >= 11 is 0. The lowest BCUT2D eigenvalue weighted by atomic mass is 10.1. The lowest BCUT2D eigenvalue weighted by molar-refractivity contribution is 0.148. The van der Waals surface area contributed by atoms with Crippen LogP contribution in [0.5, 0.6) is 0 Å². The van der Waals surface area contributed by atoms with Crippen LogP contribution in [0.4, 0.5) is 5.95 Å². The second-order valence-corrected chi connectivity index (χ2v) is 5.40. The predicted octanol–water partition coefficient (Wildman–Crippen LogP) is -0.916. The zero-order chi connectivity index (χ0) is 14.3. The van der Waals surface area contributed by atoms with Gasteiger partial charge in [0.05, 0.1) is 11.8 Å². The Morgan fingerprint density at radius 3 is 2.95 bits per heavy atom. The second-order valence-electron chi connectivity index (χ2n) is 5.40. The third-order valence-electron chi connectivity index (χ3n) is 3.83. The third-order valence-corrected chi connectivity index (χ3v) is 3.83. The summed E-state index contributed by atoms with van der Waals surface area (Å²) in [5.74, 6) is 0.389. The molecule has 1 aliphatic heterocycles. The van der Waals surface area contributed by atoms with Crippen LogP contribution in [0, 0.1) is 5.92 Å². The zero-order valence-electron chi connectivity index (χ0n) is 11.3. The Morgan fingerprint density at radius 2 is 2.25 bits per heavy atom. The molecule has 8 heteroatoms. The molecule has 1 saturated heterocycles. The van der Waals surface area contributed by atoms with E-state index in [0.717, 1.165) is 18.8 Å². The lowest BCUT2D eigenvalue weighted by Crippen LogP contribution is -2.24. The number of hydrogen-bond donors (Lipinski definition) is 4. The standard InChI is InChI=1S/C12H18N6O2/c1-6-4-18(5-8(6)19)3-2-7-9-10(17-16-7)11(20)15-12(13)14-9/h6,8,19H,2-5H2,1H3,(H,16,17)(H3,13,14,15,20)/t6-,8+/m1/s1. The van der Waals surface area contributed by atoms with Gasteiger partial charge in [0, 0.05) is 26.1 Å². The number of nitrogen functional groups attached to an aromatic ring is 1. The van der Waals surface area contributed by atoms with Crippen molar-refractivity contribution in [2.24, 2.45) is 5.92 Å².